The van der Waals surface area contributed by atoms with Gasteiger partial charge in [-0.3, -0.25) is 0 Å². The lowest BCUT2D eigenvalue weighted by Gasteiger charge is -2.29. The van der Waals surface area contributed by atoms with Gasteiger partial charge in [0.2, 0.25) is 0 Å². The third kappa shape index (κ3) is 2.64. The second-order valence-corrected chi connectivity index (χ2v) is 5.20. The fourth-order valence-electron chi connectivity index (χ4n) is 2.65. The van der Waals surface area contributed by atoms with Gasteiger partial charge < -0.3 is 19.7 Å². The average molecular weight is 286 g/mol. The zero-order chi connectivity index (χ0) is 14.8. The predicted molar refractivity (Wildman–Crippen MR) is 81.0 cm³/mol. The molecule has 0 amide bonds. The van der Waals surface area contributed by atoms with Crippen molar-refractivity contribution in [2.75, 3.05) is 31.2 Å². The first-order valence-corrected chi connectivity index (χ1v) is 7.01. The highest BCUT2D eigenvalue weighted by Gasteiger charge is 2.24. The summed E-state index contributed by atoms with van der Waals surface area (Å²) in [5.41, 5.74) is 4.13. The molecule has 1 aliphatic rings. The van der Waals surface area contributed by atoms with Crippen LogP contribution < -0.4 is 4.90 Å². The van der Waals surface area contributed by atoms with Crippen LogP contribution in [0, 0.1) is 6.92 Å². The van der Waals surface area contributed by atoms with E-state index in [9.17, 15) is 9.90 Å². The molecule has 3 rings (SSSR count). The van der Waals surface area contributed by atoms with Crippen molar-refractivity contribution >= 4 is 11.7 Å². The molecule has 1 aromatic heterocycles. The Morgan fingerprint density at radius 2 is 1.90 bits per heavy atom. The first kappa shape index (κ1) is 13.7. The van der Waals surface area contributed by atoms with Crippen LogP contribution >= 0.6 is 0 Å². The summed E-state index contributed by atoms with van der Waals surface area (Å²) in [6.45, 7) is 4.69. The number of morpholine rings is 1. The number of hydrogen-bond donors (Lipinski definition) is 2. The molecule has 0 spiro atoms. The van der Waals surface area contributed by atoms with Crippen LogP contribution in [0.5, 0.6) is 0 Å². The summed E-state index contributed by atoms with van der Waals surface area (Å²) < 4.78 is 5.36. The minimum absolute atomic E-state index is 0.243. The highest BCUT2D eigenvalue weighted by atomic mass is 16.5. The number of aromatic carboxylic acids is 1. The van der Waals surface area contributed by atoms with Gasteiger partial charge in [-0.2, -0.15) is 0 Å². The van der Waals surface area contributed by atoms with Crippen LogP contribution in [0.4, 0.5) is 5.69 Å². The standard InChI is InChI=1S/C16H18N2O3/c1-11-2-4-12(5-3-11)13-10-17-14(16(19)20)15(13)18-6-8-21-9-7-18/h2-5,10,17H,6-9H2,1H3,(H,19,20). The van der Waals surface area contributed by atoms with E-state index in [0.29, 0.717) is 26.3 Å². The summed E-state index contributed by atoms with van der Waals surface area (Å²) in [7, 11) is 0. The Bertz CT molecular complexity index is 640. The van der Waals surface area contributed by atoms with Crippen LogP contribution in [0.25, 0.3) is 11.1 Å². The van der Waals surface area contributed by atoms with Crippen LogP contribution in [0.3, 0.4) is 0 Å². The fourth-order valence-corrected chi connectivity index (χ4v) is 2.65. The van der Waals surface area contributed by atoms with Crippen molar-refractivity contribution in [1.82, 2.24) is 4.98 Å². The number of H-pyrrole nitrogens is 1. The van der Waals surface area contributed by atoms with E-state index in [2.05, 4.69) is 9.88 Å². The molecule has 0 saturated carbocycles. The average Bonchev–Trinajstić information content (AvgIpc) is 2.94. The Labute approximate surface area is 123 Å². The molecular weight excluding hydrogens is 268 g/mol. The minimum Gasteiger partial charge on any atom is -0.477 e. The Balaban J connectivity index is 2.07. The SMILES string of the molecule is Cc1ccc(-c2c[nH]c(C(=O)O)c2N2CCOCC2)cc1. The van der Waals surface area contributed by atoms with Crippen molar-refractivity contribution in [3.8, 4) is 11.1 Å². The first-order chi connectivity index (χ1) is 10.2. The largest absolute Gasteiger partial charge is 0.477 e. The summed E-state index contributed by atoms with van der Waals surface area (Å²) in [6, 6.07) is 8.11. The van der Waals surface area contributed by atoms with E-state index in [0.717, 1.165) is 16.8 Å². The Morgan fingerprint density at radius 1 is 1.24 bits per heavy atom. The number of aromatic nitrogens is 1. The molecule has 21 heavy (non-hydrogen) atoms. The van der Waals surface area contributed by atoms with Crippen molar-refractivity contribution < 1.29 is 14.6 Å². The van der Waals surface area contributed by atoms with E-state index in [1.165, 1.54) is 5.56 Å². The van der Waals surface area contributed by atoms with Crippen LogP contribution in [-0.2, 0) is 4.74 Å². The number of benzene rings is 1. The molecule has 0 unspecified atom stereocenters. The van der Waals surface area contributed by atoms with Gasteiger partial charge in [-0.1, -0.05) is 29.8 Å². The Kier molecular flexibility index (Phi) is 3.66. The molecule has 110 valence electrons. The van der Waals surface area contributed by atoms with Crippen LogP contribution in [0.1, 0.15) is 16.1 Å². The summed E-state index contributed by atoms with van der Waals surface area (Å²) in [5.74, 6) is -0.935. The number of carboxylic acid groups (broad SMARTS) is 1. The zero-order valence-electron chi connectivity index (χ0n) is 11.9. The predicted octanol–water partition coefficient (Wildman–Crippen LogP) is 2.52. The smallest absolute Gasteiger partial charge is 0.354 e. The van der Waals surface area contributed by atoms with Gasteiger partial charge in [0, 0.05) is 24.8 Å². The van der Waals surface area contributed by atoms with Crippen molar-refractivity contribution in [2.45, 2.75) is 6.92 Å². The van der Waals surface area contributed by atoms with Crippen molar-refractivity contribution in [1.29, 1.82) is 0 Å². The highest BCUT2D eigenvalue weighted by Crippen LogP contribution is 2.34. The number of hydrogen-bond acceptors (Lipinski definition) is 3. The molecule has 2 aromatic rings. The minimum atomic E-state index is -0.935. The normalized spacial score (nSPS) is 15.2. The summed E-state index contributed by atoms with van der Waals surface area (Å²) in [4.78, 5) is 16.5. The van der Waals surface area contributed by atoms with Gasteiger partial charge in [-0.25, -0.2) is 4.79 Å². The van der Waals surface area contributed by atoms with Gasteiger partial charge in [0.15, 0.2) is 0 Å². The maximum atomic E-state index is 11.5. The zero-order valence-corrected chi connectivity index (χ0v) is 11.9. The van der Waals surface area contributed by atoms with E-state index >= 15 is 0 Å². The number of carboxylic acids is 1. The molecule has 0 bridgehead atoms. The lowest BCUT2D eigenvalue weighted by Crippen LogP contribution is -2.37. The molecule has 1 aliphatic heterocycles. The molecule has 5 nitrogen and oxygen atoms in total. The molecule has 1 saturated heterocycles. The number of nitrogens with one attached hydrogen (secondary N) is 1. The van der Waals surface area contributed by atoms with Gasteiger partial charge in [0.1, 0.15) is 5.69 Å². The number of nitrogens with zero attached hydrogens (tertiary/aromatic N) is 1. The topological polar surface area (TPSA) is 65.6 Å². The Hall–Kier alpha value is -2.27. The molecule has 5 heteroatoms. The number of aromatic amines is 1. The molecule has 0 radical (unpaired) electrons. The maximum Gasteiger partial charge on any atom is 0.354 e. The van der Waals surface area contributed by atoms with Crippen molar-refractivity contribution in [3.63, 3.8) is 0 Å². The van der Waals surface area contributed by atoms with Crippen LogP contribution in [0.15, 0.2) is 30.5 Å². The number of carbonyl (C=O) groups is 1. The summed E-state index contributed by atoms with van der Waals surface area (Å²) in [6.07, 6.45) is 1.78. The maximum absolute atomic E-state index is 11.5. The molecule has 1 aromatic carbocycles. The Morgan fingerprint density at radius 3 is 2.52 bits per heavy atom. The van der Waals surface area contributed by atoms with E-state index < -0.39 is 5.97 Å². The van der Waals surface area contributed by atoms with Crippen molar-refractivity contribution in [2.24, 2.45) is 0 Å². The molecule has 2 N–H and O–H groups in total. The number of aryl methyl sites for hydroxylation is 1. The van der Waals surface area contributed by atoms with E-state index in [-0.39, 0.29) is 5.69 Å². The summed E-state index contributed by atoms with van der Waals surface area (Å²) >= 11 is 0. The molecule has 1 fully saturated rings. The molecule has 0 atom stereocenters. The molecular formula is C16H18N2O3. The van der Waals surface area contributed by atoms with Gasteiger partial charge in [0.05, 0.1) is 18.9 Å². The molecule has 2 heterocycles. The molecule has 0 aliphatic carbocycles. The quantitative estimate of drug-likeness (QED) is 0.910. The highest BCUT2D eigenvalue weighted by molar-refractivity contribution is 5.98. The summed E-state index contributed by atoms with van der Waals surface area (Å²) in [5, 5.41) is 9.41. The fraction of sp³-hybridized carbons (Fsp3) is 0.312. The van der Waals surface area contributed by atoms with Gasteiger partial charge >= 0.3 is 5.97 Å². The third-order valence-corrected chi connectivity index (χ3v) is 3.76. The lowest BCUT2D eigenvalue weighted by atomic mass is 10.0. The second-order valence-electron chi connectivity index (χ2n) is 5.20. The van der Waals surface area contributed by atoms with Crippen molar-refractivity contribution in [3.05, 3.63) is 41.7 Å². The number of ether oxygens (including phenoxy) is 1. The van der Waals surface area contributed by atoms with E-state index in [1.54, 1.807) is 6.20 Å². The number of rotatable bonds is 3. The van der Waals surface area contributed by atoms with E-state index in [1.807, 2.05) is 31.2 Å². The lowest BCUT2D eigenvalue weighted by molar-refractivity contribution is 0.0690. The van der Waals surface area contributed by atoms with Crippen LogP contribution in [-0.4, -0.2) is 42.4 Å². The van der Waals surface area contributed by atoms with Gasteiger partial charge in [0.25, 0.3) is 0 Å². The first-order valence-electron chi connectivity index (χ1n) is 7.01. The van der Waals surface area contributed by atoms with Gasteiger partial charge in [-0.15, -0.1) is 0 Å². The van der Waals surface area contributed by atoms with E-state index in [4.69, 9.17) is 4.74 Å². The number of anilines is 1. The van der Waals surface area contributed by atoms with Gasteiger partial charge in [-0.05, 0) is 12.5 Å². The second kappa shape index (κ2) is 5.61. The third-order valence-electron chi connectivity index (χ3n) is 3.76. The monoisotopic (exact) mass is 286 g/mol. The van der Waals surface area contributed by atoms with Crippen LogP contribution in [0.2, 0.25) is 0 Å².